The molecule has 3 rings (SSSR count). The van der Waals surface area contributed by atoms with Gasteiger partial charge in [-0.3, -0.25) is 0 Å². The van der Waals surface area contributed by atoms with Crippen molar-refractivity contribution >= 4 is 5.82 Å². The molecular weight excluding hydrogens is 212 g/mol. The van der Waals surface area contributed by atoms with Crippen molar-refractivity contribution in [2.45, 2.75) is 32.7 Å². The predicted octanol–water partition coefficient (Wildman–Crippen LogP) is 1.28. The van der Waals surface area contributed by atoms with E-state index in [2.05, 4.69) is 26.3 Å². The summed E-state index contributed by atoms with van der Waals surface area (Å²) in [7, 11) is 0. The van der Waals surface area contributed by atoms with Crippen LogP contribution < -0.4 is 10.2 Å². The highest BCUT2D eigenvalue weighted by Crippen LogP contribution is 2.28. The second-order valence-corrected chi connectivity index (χ2v) is 5.28. The number of hydrogen-bond acceptors (Lipinski definition) is 4. The monoisotopic (exact) mass is 232 g/mol. The lowest BCUT2D eigenvalue weighted by molar-refractivity contribution is 0.340. The fourth-order valence-corrected chi connectivity index (χ4v) is 3.09. The van der Waals surface area contributed by atoms with Crippen LogP contribution in [-0.4, -0.2) is 35.6 Å². The van der Waals surface area contributed by atoms with Gasteiger partial charge in [-0.25, -0.2) is 9.97 Å². The smallest absolute Gasteiger partial charge is 0.132 e. The Morgan fingerprint density at radius 3 is 2.94 bits per heavy atom. The molecule has 2 saturated heterocycles. The van der Waals surface area contributed by atoms with Crippen LogP contribution in [-0.2, 0) is 0 Å². The number of nitrogens with zero attached hydrogens (tertiary/aromatic N) is 3. The van der Waals surface area contributed by atoms with Crippen molar-refractivity contribution in [2.75, 3.05) is 24.5 Å². The molecule has 0 amide bonds. The van der Waals surface area contributed by atoms with Crippen molar-refractivity contribution in [3.05, 3.63) is 17.6 Å². The Labute approximate surface area is 102 Å². The van der Waals surface area contributed by atoms with Crippen molar-refractivity contribution in [3.8, 4) is 0 Å². The van der Waals surface area contributed by atoms with E-state index in [1.54, 1.807) is 0 Å². The van der Waals surface area contributed by atoms with E-state index >= 15 is 0 Å². The highest BCUT2D eigenvalue weighted by atomic mass is 15.2. The Balaban J connectivity index is 1.81. The molecule has 0 aromatic carbocycles. The summed E-state index contributed by atoms with van der Waals surface area (Å²) in [4.78, 5) is 11.3. The minimum Gasteiger partial charge on any atom is -0.355 e. The second-order valence-electron chi connectivity index (χ2n) is 5.28. The first-order chi connectivity index (χ1) is 8.22. The lowest BCUT2D eigenvalue weighted by Gasteiger charge is -2.24. The molecule has 1 aromatic heterocycles. The summed E-state index contributed by atoms with van der Waals surface area (Å²) in [6, 6.07) is 2.77. The van der Waals surface area contributed by atoms with Crippen LogP contribution >= 0.6 is 0 Å². The highest BCUT2D eigenvalue weighted by molar-refractivity contribution is 5.42. The lowest BCUT2D eigenvalue weighted by atomic mass is 9.94. The number of anilines is 1. The van der Waals surface area contributed by atoms with Gasteiger partial charge in [0.1, 0.15) is 11.6 Å². The van der Waals surface area contributed by atoms with Gasteiger partial charge in [-0.1, -0.05) is 0 Å². The van der Waals surface area contributed by atoms with Crippen LogP contribution in [0, 0.1) is 19.8 Å². The zero-order chi connectivity index (χ0) is 11.8. The van der Waals surface area contributed by atoms with Crippen molar-refractivity contribution in [3.63, 3.8) is 0 Å². The summed E-state index contributed by atoms with van der Waals surface area (Å²) in [5.74, 6) is 2.79. The zero-order valence-corrected chi connectivity index (χ0v) is 10.6. The van der Waals surface area contributed by atoms with Crippen molar-refractivity contribution in [1.82, 2.24) is 15.3 Å². The normalized spacial score (nSPS) is 28.2. The Morgan fingerprint density at radius 2 is 2.18 bits per heavy atom. The maximum atomic E-state index is 4.56. The van der Waals surface area contributed by atoms with E-state index in [0.29, 0.717) is 6.04 Å². The van der Waals surface area contributed by atoms with E-state index in [1.807, 2.05) is 13.8 Å². The van der Waals surface area contributed by atoms with Gasteiger partial charge in [-0.05, 0) is 39.2 Å². The zero-order valence-electron chi connectivity index (χ0n) is 10.6. The fraction of sp³-hybridized carbons (Fsp3) is 0.692. The van der Waals surface area contributed by atoms with Crippen LogP contribution in [0.2, 0.25) is 0 Å². The molecule has 4 nitrogen and oxygen atoms in total. The minimum absolute atomic E-state index is 0.666. The van der Waals surface area contributed by atoms with E-state index < -0.39 is 0 Å². The molecule has 2 aliphatic heterocycles. The summed E-state index contributed by atoms with van der Waals surface area (Å²) >= 11 is 0. The van der Waals surface area contributed by atoms with Crippen LogP contribution in [0.5, 0.6) is 0 Å². The highest BCUT2D eigenvalue weighted by Gasteiger charge is 2.34. The summed E-state index contributed by atoms with van der Waals surface area (Å²) in [6.45, 7) is 7.43. The molecule has 92 valence electrons. The number of fused-ring (bicyclic) bond motifs is 1. The Morgan fingerprint density at radius 1 is 1.29 bits per heavy atom. The molecule has 0 spiro atoms. The Bertz CT molecular complexity index is 384. The molecule has 0 unspecified atom stereocenters. The molecule has 3 heterocycles. The minimum atomic E-state index is 0.666. The SMILES string of the molecule is Cc1cc(N2C[C@@H]3CCCN[C@@H]3C2)nc(C)n1. The van der Waals surface area contributed by atoms with Crippen LogP contribution in [0.1, 0.15) is 24.4 Å². The van der Waals surface area contributed by atoms with Crippen LogP contribution in [0.4, 0.5) is 5.82 Å². The average molecular weight is 232 g/mol. The Hall–Kier alpha value is -1.16. The van der Waals surface area contributed by atoms with Gasteiger partial charge in [0.05, 0.1) is 0 Å². The molecule has 2 atom stereocenters. The number of aromatic nitrogens is 2. The maximum Gasteiger partial charge on any atom is 0.132 e. The topological polar surface area (TPSA) is 41.0 Å². The molecular formula is C13H20N4. The number of rotatable bonds is 1. The van der Waals surface area contributed by atoms with Gasteiger partial charge in [-0.2, -0.15) is 0 Å². The summed E-state index contributed by atoms with van der Waals surface area (Å²) < 4.78 is 0. The first kappa shape index (κ1) is 11.0. The van der Waals surface area contributed by atoms with Gasteiger partial charge >= 0.3 is 0 Å². The molecule has 2 fully saturated rings. The molecule has 0 aliphatic carbocycles. The van der Waals surface area contributed by atoms with Crippen molar-refractivity contribution < 1.29 is 0 Å². The van der Waals surface area contributed by atoms with Gasteiger partial charge in [0.2, 0.25) is 0 Å². The van der Waals surface area contributed by atoms with E-state index in [9.17, 15) is 0 Å². The fourth-order valence-electron chi connectivity index (χ4n) is 3.09. The summed E-state index contributed by atoms with van der Waals surface area (Å²) in [5.41, 5.74) is 1.07. The third kappa shape index (κ3) is 2.14. The van der Waals surface area contributed by atoms with Gasteiger partial charge in [0.15, 0.2) is 0 Å². The summed E-state index contributed by atoms with van der Waals surface area (Å²) in [6.07, 6.45) is 2.67. The summed E-state index contributed by atoms with van der Waals surface area (Å²) in [5, 5.41) is 3.62. The third-order valence-corrected chi connectivity index (χ3v) is 3.88. The molecule has 2 aliphatic rings. The van der Waals surface area contributed by atoms with E-state index in [-0.39, 0.29) is 0 Å². The quantitative estimate of drug-likeness (QED) is 0.792. The largest absolute Gasteiger partial charge is 0.355 e. The van der Waals surface area contributed by atoms with Crippen molar-refractivity contribution in [1.29, 1.82) is 0 Å². The molecule has 0 saturated carbocycles. The van der Waals surface area contributed by atoms with Gasteiger partial charge in [0, 0.05) is 30.9 Å². The number of piperidine rings is 1. The molecule has 0 bridgehead atoms. The molecule has 4 heteroatoms. The average Bonchev–Trinajstić information content (AvgIpc) is 2.71. The molecule has 17 heavy (non-hydrogen) atoms. The third-order valence-electron chi connectivity index (χ3n) is 3.88. The number of aryl methyl sites for hydroxylation is 2. The number of nitrogens with one attached hydrogen (secondary N) is 1. The second kappa shape index (κ2) is 4.26. The van der Waals surface area contributed by atoms with Crippen molar-refractivity contribution in [2.24, 2.45) is 5.92 Å². The van der Waals surface area contributed by atoms with Gasteiger partial charge in [-0.15, -0.1) is 0 Å². The molecule has 1 aromatic rings. The first-order valence-corrected chi connectivity index (χ1v) is 6.53. The van der Waals surface area contributed by atoms with Gasteiger partial charge in [0.25, 0.3) is 0 Å². The van der Waals surface area contributed by atoms with Crippen LogP contribution in [0.25, 0.3) is 0 Å². The first-order valence-electron chi connectivity index (χ1n) is 6.53. The van der Waals surface area contributed by atoms with E-state index in [4.69, 9.17) is 0 Å². The number of hydrogen-bond donors (Lipinski definition) is 1. The molecule has 0 radical (unpaired) electrons. The maximum absolute atomic E-state index is 4.56. The molecule has 1 N–H and O–H groups in total. The standard InChI is InChI=1S/C13H20N4/c1-9-6-13(16-10(2)15-9)17-7-11-4-3-5-14-12(11)8-17/h6,11-12,14H,3-5,7-8H2,1-2H3/t11-,12+/m0/s1. The van der Waals surface area contributed by atoms with Crippen LogP contribution in [0.15, 0.2) is 6.07 Å². The van der Waals surface area contributed by atoms with Gasteiger partial charge < -0.3 is 10.2 Å². The lowest BCUT2D eigenvalue weighted by Crippen LogP contribution is -2.40. The van der Waals surface area contributed by atoms with E-state index in [1.165, 1.54) is 19.4 Å². The Kier molecular flexibility index (Phi) is 2.74. The van der Waals surface area contributed by atoms with Crippen LogP contribution in [0.3, 0.4) is 0 Å². The van der Waals surface area contributed by atoms with E-state index in [0.717, 1.165) is 36.3 Å². The predicted molar refractivity (Wildman–Crippen MR) is 68.2 cm³/mol.